The van der Waals surface area contributed by atoms with Crippen molar-refractivity contribution < 1.29 is 27.4 Å². The lowest BCUT2D eigenvalue weighted by atomic mass is 10.3. The minimum Gasteiger partial charge on any atom is -0.482 e. The minimum atomic E-state index is -3.73. The van der Waals surface area contributed by atoms with Crippen molar-refractivity contribution in [1.82, 2.24) is 4.31 Å². The van der Waals surface area contributed by atoms with Crippen LogP contribution < -0.4 is 4.74 Å². The summed E-state index contributed by atoms with van der Waals surface area (Å²) >= 11 is 0. The number of aliphatic carboxylic acids is 1. The number of hydrogen-bond acceptors (Lipinski definition) is 4. The fraction of sp³-hybridized carbons (Fsp3) is 0.364. The highest BCUT2D eigenvalue weighted by Gasteiger charge is 2.20. The van der Waals surface area contributed by atoms with Gasteiger partial charge < -0.3 is 9.84 Å². The molecule has 1 aromatic rings. The lowest BCUT2D eigenvalue weighted by Gasteiger charge is -2.15. The Balaban J connectivity index is 2.83. The highest BCUT2D eigenvalue weighted by atomic mass is 32.2. The molecule has 106 valence electrons. The molecular weight excluding hydrogens is 277 g/mol. The quantitative estimate of drug-likeness (QED) is 0.801. The Morgan fingerprint density at radius 1 is 1.37 bits per heavy atom. The van der Waals surface area contributed by atoms with Gasteiger partial charge in [0, 0.05) is 13.6 Å². The van der Waals surface area contributed by atoms with E-state index in [0.29, 0.717) is 0 Å². The Bertz CT molecular complexity index is 529. The molecule has 0 atom stereocenters. The number of alkyl halides is 1. The fourth-order valence-corrected chi connectivity index (χ4v) is 2.42. The Labute approximate surface area is 110 Å². The molecule has 0 aliphatic rings. The molecule has 0 saturated carbocycles. The van der Waals surface area contributed by atoms with Crippen LogP contribution in [0.15, 0.2) is 29.2 Å². The molecule has 8 heteroatoms. The summed E-state index contributed by atoms with van der Waals surface area (Å²) in [6, 6.07) is 5.25. The molecule has 0 fully saturated rings. The van der Waals surface area contributed by atoms with Crippen molar-refractivity contribution >= 4 is 16.0 Å². The zero-order valence-electron chi connectivity index (χ0n) is 10.2. The molecule has 0 aliphatic heterocycles. The Morgan fingerprint density at radius 2 is 1.95 bits per heavy atom. The summed E-state index contributed by atoms with van der Waals surface area (Å²) in [6.07, 6.45) is 0. The maximum atomic E-state index is 12.1. The number of hydrogen-bond donors (Lipinski definition) is 1. The third kappa shape index (κ3) is 4.18. The number of nitrogens with zero attached hydrogens (tertiary/aromatic N) is 1. The van der Waals surface area contributed by atoms with Crippen LogP contribution in [0.5, 0.6) is 5.75 Å². The minimum absolute atomic E-state index is 0.00822. The third-order valence-electron chi connectivity index (χ3n) is 2.29. The second-order valence-electron chi connectivity index (χ2n) is 3.67. The van der Waals surface area contributed by atoms with E-state index in [4.69, 9.17) is 9.84 Å². The van der Waals surface area contributed by atoms with E-state index >= 15 is 0 Å². The predicted octanol–water partition coefficient (Wildman–Crippen LogP) is 0.740. The summed E-state index contributed by atoms with van der Waals surface area (Å²) in [5, 5.41) is 8.43. The average Bonchev–Trinajstić information content (AvgIpc) is 2.37. The van der Waals surface area contributed by atoms with Gasteiger partial charge in [0.1, 0.15) is 12.4 Å². The summed E-state index contributed by atoms with van der Waals surface area (Å²) in [5.41, 5.74) is 0. The van der Waals surface area contributed by atoms with Gasteiger partial charge in [0.05, 0.1) is 4.90 Å². The molecular formula is C11H14FNO5S. The summed E-state index contributed by atoms with van der Waals surface area (Å²) in [4.78, 5) is 10.3. The molecule has 1 aromatic carbocycles. The van der Waals surface area contributed by atoms with Crippen molar-refractivity contribution in [3.63, 3.8) is 0 Å². The molecule has 1 rings (SSSR count). The summed E-state index contributed by atoms with van der Waals surface area (Å²) < 4.78 is 41.8. The van der Waals surface area contributed by atoms with Crippen LogP contribution in [0.1, 0.15) is 0 Å². The summed E-state index contributed by atoms with van der Waals surface area (Å²) in [6.45, 7) is -1.50. The van der Waals surface area contributed by atoms with E-state index in [0.717, 1.165) is 4.31 Å². The van der Waals surface area contributed by atoms with Crippen LogP contribution in [0.2, 0.25) is 0 Å². The number of ether oxygens (including phenoxy) is 1. The molecule has 0 aliphatic carbocycles. The van der Waals surface area contributed by atoms with E-state index < -0.39 is 29.3 Å². The summed E-state index contributed by atoms with van der Waals surface area (Å²) in [7, 11) is -2.45. The SMILES string of the molecule is CN(CCF)S(=O)(=O)c1ccc(OCC(=O)O)cc1. The number of carboxylic acids is 1. The van der Waals surface area contributed by atoms with Gasteiger partial charge in [-0.25, -0.2) is 17.6 Å². The predicted molar refractivity (Wildman–Crippen MR) is 65.4 cm³/mol. The molecule has 0 radical (unpaired) electrons. The Kier molecular flexibility index (Phi) is 5.25. The summed E-state index contributed by atoms with van der Waals surface area (Å²) in [5.74, 6) is -0.881. The monoisotopic (exact) mass is 291 g/mol. The van der Waals surface area contributed by atoms with Crippen LogP contribution in [-0.2, 0) is 14.8 Å². The molecule has 6 nitrogen and oxygen atoms in total. The van der Waals surface area contributed by atoms with E-state index in [1.807, 2.05) is 0 Å². The van der Waals surface area contributed by atoms with E-state index in [9.17, 15) is 17.6 Å². The number of carbonyl (C=O) groups is 1. The Morgan fingerprint density at radius 3 is 2.42 bits per heavy atom. The molecule has 0 bridgehead atoms. The van der Waals surface area contributed by atoms with Gasteiger partial charge in [-0.3, -0.25) is 0 Å². The Hall–Kier alpha value is -1.67. The molecule has 0 aromatic heterocycles. The first-order valence-electron chi connectivity index (χ1n) is 5.35. The van der Waals surface area contributed by atoms with Gasteiger partial charge in [0.25, 0.3) is 0 Å². The normalized spacial score (nSPS) is 11.5. The van der Waals surface area contributed by atoms with Crippen molar-refractivity contribution in [1.29, 1.82) is 0 Å². The molecule has 0 spiro atoms. The van der Waals surface area contributed by atoms with Gasteiger partial charge in [0.2, 0.25) is 10.0 Å². The van der Waals surface area contributed by atoms with Gasteiger partial charge in [0.15, 0.2) is 6.61 Å². The standard InChI is InChI=1S/C11H14FNO5S/c1-13(7-6-12)19(16,17)10-4-2-9(3-5-10)18-8-11(14)15/h2-5H,6-8H2,1H3,(H,14,15). The molecule has 1 N–H and O–H groups in total. The van der Waals surface area contributed by atoms with Crippen LogP contribution in [0, 0.1) is 0 Å². The van der Waals surface area contributed by atoms with Crippen LogP contribution in [-0.4, -0.2) is 50.7 Å². The van der Waals surface area contributed by atoms with E-state index in [-0.39, 0.29) is 17.2 Å². The lowest BCUT2D eigenvalue weighted by Crippen LogP contribution is -2.28. The average molecular weight is 291 g/mol. The largest absolute Gasteiger partial charge is 0.482 e. The highest BCUT2D eigenvalue weighted by molar-refractivity contribution is 7.89. The molecule has 0 unspecified atom stereocenters. The van der Waals surface area contributed by atoms with Gasteiger partial charge in [-0.2, -0.15) is 4.31 Å². The maximum Gasteiger partial charge on any atom is 0.341 e. The van der Waals surface area contributed by atoms with Gasteiger partial charge in [-0.15, -0.1) is 0 Å². The number of rotatable bonds is 7. The number of carboxylic acid groups (broad SMARTS) is 1. The van der Waals surface area contributed by atoms with Crippen molar-refractivity contribution in [2.75, 3.05) is 26.9 Å². The fourth-order valence-electron chi connectivity index (χ4n) is 1.27. The van der Waals surface area contributed by atoms with Crippen LogP contribution >= 0.6 is 0 Å². The van der Waals surface area contributed by atoms with Crippen LogP contribution in [0.25, 0.3) is 0 Å². The van der Waals surface area contributed by atoms with Gasteiger partial charge in [-0.1, -0.05) is 0 Å². The van der Waals surface area contributed by atoms with E-state index in [1.54, 1.807) is 0 Å². The topological polar surface area (TPSA) is 83.9 Å². The number of sulfonamides is 1. The third-order valence-corrected chi connectivity index (χ3v) is 4.16. The molecule has 0 amide bonds. The lowest BCUT2D eigenvalue weighted by molar-refractivity contribution is -0.139. The first-order chi connectivity index (χ1) is 8.87. The van der Waals surface area contributed by atoms with E-state index in [2.05, 4.69) is 0 Å². The first-order valence-corrected chi connectivity index (χ1v) is 6.79. The highest BCUT2D eigenvalue weighted by Crippen LogP contribution is 2.18. The number of benzene rings is 1. The smallest absolute Gasteiger partial charge is 0.341 e. The maximum absolute atomic E-state index is 12.1. The van der Waals surface area contributed by atoms with Gasteiger partial charge >= 0.3 is 5.97 Å². The van der Waals surface area contributed by atoms with Crippen molar-refractivity contribution in [3.8, 4) is 5.75 Å². The van der Waals surface area contributed by atoms with Crippen molar-refractivity contribution in [3.05, 3.63) is 24.3 Å². The van der Waals surface area contributed by atoms with Crippen LogP contribution in [0.3, 0.4) is 0 Å². The zero-order chi connectivity index (χ0) is 14.5. The second-order valence-corrected chi connectivity index (χ2v) is 5.71. The molecule has 0 heterocycles. The van der Waals surface area contributed by atoms with Crippen LogP contribution in [0.4, 0.5) is 4.39 Å². The number of halogens is 1. The van der Waals surface area contributed by atoms with Crippen molar-refractivity contribution in [2.24, 2.45) is 0 Å². The first kappa shape index (κ1) is 15.4. The van der Waals surface area contributed by atoms with E-state index in [1.165, 1.54) is 31.3 Å². The van der Waals surface area contributed by atoms with Gasteiger partial charge in [-0.05, 0) is 24.3 Å². The molecule has 0 saturated heterocycles. The molecule has 19 heavy (non-hydrogen) atoms. The zero-order valence-corrected chi connectivity index (χ0v) is 11.1. The van der Waals surface area contributed by atoms with Crippen molar-refractivity contribution in [2.45, 2.75) is 4.90 Å². The second kappa shape index (κ2) is 6.48.